The van der Waals surface area contributed by atoms with Crippen LogP contribution in [0.5, 0.6) is 0 Å². The van der Waals surface area contributed by atoms with Crippen molar-refractivity contribution in [2.75, 3.05) is 0 Å². The first kappa shape index (κ1) is 49.8. The van der Waals surface area contributed by atoms with Gasteiger partial charge >= 0.3 is 0 Å². The molecule has 9 atom stereocenters. The van der Waals surface area contributed by atoms with Gasteiger partial charge in [-0.05, 0) is 123 Å². The number of terminal acetylenes is 1. The fourth-order valence-corrected chi connectivity index (χ4v) is 6.98. The normalized spacial score (nSPS) is 15.8. The molecule has 9 unspecified atom stereocenters. The number of rotatable bonds is 17. The smallest absolute Gasteiger partial charge is 0.0245 e. The highest BCUT2D eigenvalue weighted by Crippen LogP contribution is 2.28. The van der Waals surface area contributed by atoms with Gasteiger partial charge in [-0.2, -0.15) is 0 Å². The Bertz CT molecular complexity index is 1450. The average molecular weight is 719 g/mol. The summed E-state index contributed by atoms with van der Waals surface area (Å²) in [5.74, 6) is 15.6. The molecule has 0 N–H and O–H groups in total. The average Bonchev–Trinajstić information content (AvgIpc) is 3.14. The molecule has 0 bridgehead atoms. The third-order valence-electron chi connectivity index (χ3n) is 12.5. The molecule has 53 heavy (non-hydrogen) atoms. The second-order valence-corrected chi connectivity index (χ2v) is 16.6. The minimum Gasteiger partial charge on any atom is -0.120 e. The molecule has 3 rings (SSSR count). The van der Waals surface area contributed by atoms with Crippen molar-refractivity contribution in [3.63, 3.8) is 0 Å². The molecule has 3 aromatic rings. The monoisotopic (exact) mass is 719 g/mol. The van der Waals surface area contributed by atoms with Crippen molar-refractivity contribution in [2.45, 2.75) is 149 Å². The van der Waals surface area contributed by atoms with Crippen LogP contribution in [0, 0.1) is 91.3 Å². The molecule has 0 fully saturated rings. The Morgan fingerprint density at radius 3 is 1.19 bits per heavy atom. The van der Waals surface area contributed by atoms with E-state index in [2.05, 4.69) is 174 Å². The zero-order valence-corrected chi connectivity index (χ0v) is 34.9. The van der Waals surface area contributed by atoms with Gasteiger partial charge in [0, 0.05) is 17.4 Å². The predicted octanol–water partition coefficient (Wildman–Crippen LogP) is 15.3. The van der Waals surface area contributed by atoms with Gasteiger partial charge in [0.1, 0.15) is 0 Å². The summed E-state index contributed by atoms with van der Waals surface area (Å²) in [4.78, 5) is 0. The van der Waals surface area contributed by atoms with Crippen LogP contribution < -0.4 is 0 Å². The van der Waals surface area contributed by atoms with E-state index in [4.69, 9.17) is 6.42 Å². The molecule has 294 valence electrons. The van der Waals surface area contributed by atoms with Gasteiger partial charge in [0.2, 0.25) is 0 Å². The SMILES string of the molecule is C.C.C#CC(C)C(C)C(C)CCc1ccc(C)cc1.CCCC(C)C(C)C(C)CCc1ccc(C#CC(C)C(C)C(C)CCc2ccc(C)cc2)cc1. The second-order valence-electron chi connectivity index (χ2n) is 16.6. The van der Waals surface area contributed by atoms with Crippen molar-refractivity contribution >= 4 is 0 Å². The van der Waals surface area contributed by atoms with Crippen LogP contribution in [0.4, 0.5) is 0 Å². The summed E-state index contributed by atoms with van der Waals surface area (Å²) < 4.78 is 0. The van der Waals surface area contributed by atoms with Crippen molar-refractivity contribution < 1.29 is 0 Å². The molecule has 3 aromatic carbocycles. The summed E-state index contributed by atoms with van der Waals surface area (Å²) in [7, 11) is 0. The Labute approximate surface area is 331 Å². The molecule has 0 heteroatoms. The molecular formula is C53H82. The van der Waals surface area contributed by atoms with Crippen molar-refractivity contribution in [3.05, 3.63) is 106 Å². The number of benzene rings is 3. The first-order valence-electron chi connectivity index (χ1n) is 20.4. The van der Waals surface area contributed by atoms with E-state index in [0.29, 0.717) is 35.5 Å². The summed E-state index contributed by atoms with van der Waals surface area (Å²) in [5, 5.41) is 0. The van der Waals surface area contributed by atoms with Gasteiger partial charge in [0.15, 0.2) is 0 Å². The largest absolute Gasteiger partial charge is 0.120 e. The van der Waals surface area contributed by atoms with Gasteiger partial charge < -0.3 is 0 Å². The fourth-order valence-electron chi connectivity index (χ4n) is 6.98. The molecule has 0 amide bonds. The highest BCUT2D eigenvalue weighted by Gasteiger charge is 2.20. The molecule has 0 aliphatic rings. The van der Waals surface area contributed by atoms with Gasteiger partial charge in [0.05, 0.1) is 0 Å². The summed E-state index contributed by atoms with van der Waals surface area (Å²) in [6.07, 6.45) is 15.3. The van der Waals surface area contributed by atoms with E-state index in [0.717, 1.165) is 36.2 Å². The maximum atomic E-state index is 5.48. The predicted molar refractivity (Wildman–Crippen MR) is 240 cm³/mol. The maximum Gasteiger partial charge on any atom is 0.0245 e. The maximum absolute atomic E-state index is 5.48. The first-order valence-corrected chi connectivity index (χ1v) is 20.4. The van der Waals surface area contributed by atoms with Crippen molar-refractivity contribution in [1.82, 2.24) is 0 Å². The Balaban J connectivity index is 0.00000120. The Morgan fingerprint density at radius 2 is 0.811 bits per heavy atom. The van der Waals surface area contributed by atoms with Crippen LogP contribution in [-0.4, -0.2) is 0 Å². The fraction of sp³-hybridized carbons (Fsp3) is 0.585. The summed E-state index contributed by atoms with van der Waals surface area (Å²) >= 11 is 0. The Morgan fingerprint density at radius 1 is 0.472 bits per heavy atom. The second kappa shape index (κ2) is 26.5. The van der Waals surface area contributed by atoms with Gasteiger partial charge in [-0.3, -0.25) is 0 Å². The van der Waals surface area contributed by atoms with Crippen LogP contribution >= 0.6 is 0 Å². The van der Waals surface area contributed by atoms with Crippen molar-refractivity contribution in [2.24, 2.45) is 53.3 Å². The lowest BCUT2D eigenvalue weighted by molar-refractivity contribution is 0.253. The van der Waals surface area contributed by atoms with Gasteiger partial charge in [-0.25, -0.2) is 0 Å². The summed E-state index contributed by atoms with van der Waals surface area (Å²) in [6, 6.07) is 26.8. The third kappa shape index (κ3) is 18.6. The molecule has 0 aliphatic heterocycles. The van der Waals surface area contributed by atoms with E-state index in [-0.39, 0.29) is 14.9 Å². The molecule has 0 spiro atoms. The minimum atomic E-state index is 0. The number of aryl methyl sites for hydroxylation is 5. The standard InChI is InChI=1S/C34H50.C17H24.2CH4/c1-9-10-26(3)30(7)27(4)14-19-33-21-23-34(24-22-33)20-15-29(6)31(8)28(5)13-18-32-16-11-25(2)12-17-32;1-6-14(3)16(5)15(4)9-12-17-10-7-13(2)8-11-17;;/h11-12,16-17,21-24,26-31H,9-10,13-14,18-19H2,1-8H3;1,7-8,10-11,14-16H,9,12H2,2-5H3;2*1H4. The van der Waals surface area contributed by atoms with E-state index in [1.165, 1.54) is 66.3 Å². The molecule has 0 nitrogen and oxygen atoms in total. The zero-order valence-electron chi connectivity index (χ0n) is 34.9. The molecule has 0 saturated carbocycles. The first-order chi connectivity index (χ1) is 24.2. The van der Waals surface area contributed by atoms with E-state index in [1.807, 2.05) is 0 Å². The lowest BCUT2D eigenvalue weighted by Crippen LogP contribution is -2.17. The third-order valence-corrected chi connectivity index (χ3v) is 12.5. The summed E-state index contributed by atoms with van der Waals surface area (Å²) in [5.41, 5.74) is 8.14. The van der Waals surface area contributed by atoms with E-state index >= 15 is 0 Å². The van der Waals surface area contributed by atoms with Crippen LogP contribution in [0.1, 0.15) is 150 Å². The Kier molecular flexibility index (Phi) is 24.9. The lowest BCUT2D eigenvalue weighted by atomic mass is 9.80. The van der Waals surface area contributed by atoms with Gasteiger partial charge in [0.25, 0.3) is 0 Å². The molecule has 0 heterocycles. The highest BCUT2D eigenvalue weighted by atomic mass is 14.2. The molecular weight excluding hydrogens is 637 g/mol. The van der Waals surface area contributed by atoms with Crippen molar-refractivity contribution in [3.8, 4) is 24.2 Å². The van der Waals surface area contributed by atoms with Gasteiger partial charge in [-0.15, -0.1) is 12.3 Å². The highest BCUT2D eigenvalue weighted by molar-refractivity contribution is 5.36. The van der Waals surface area contributed by atoms with E-state index in [1.54, 1.807) is 0 Å². The van der Waals surface area contributed by atoms with E-state index < -0.39 is 0 Å². The quantitative estimate of drug-likeness (QED) is 0.122. The molecule has 0 aliphatic carbocycles. The zero-order chi connectivity index (χ0) is 37.9. The van der Waals surface area contributed by atoms with Crippen LogP contribution in [-0.2, 0) is 19.3 Å². The Hall–Kier alpha value is -3.22. The number of hydrogen-bond donors (Lipinski definition) is 0. The van der Waals surface area contributed by atoms with E-state index in [9.17, 15) is 0 Å². The van der Waals surface area contributed by atoms with Gasteiger partial charge in [-0.1, -0.05) is 181 Å². The van der Waals surface area contributed by atoms with Crippen molar-refractivity contribution in [1.29, 1.82) is 0 Å². The summed E-state index contributed by atoms with van der Waals surface area (Å²) in [6.45, 7) is 27.6. The molecule has 0 aromatic heterocycles. The lowest BCUT2D eigenvalue weighted by Gasteiger charge is -2.26. The minimum absolute atomic E-state index is 0. The topological polar surface area (TPSA) is 0 Å². The van der Waals surface area contributed by atoms with Crippen LogP contribution in [0.25, 0.3) is 0 Å². The number of hydrogen-bond acceptors (Lipinski definition) is 0. The van der Waals surface area contributed by atoms with Crippen LogP contribution in [0.15, 0.2) is 72.8 Å². The molecule has 0 radical (unpaired) electrons. The van der Waals surface area contributed by atoms with Crippen LogP contribution in [0.3, 0.4) is 0 Å². The molecule has 0 saturated heterocycles. The van der Waals surface area contributed by atoms with Crippen LogP contribution in [0.2, 0.25) is 0 Å².